The van der Waals surface area contributed by atoms with E-state index in [4.69, 9.17) is 0 Å². The number of benzene rings is 2. The van der Waals surface area contributed by atoms with Gasteiger partial charge in [0, 0.05) is 30.1 Å². The van der Waals surface area contributed by atoms with Crippen molar-refractivity contribution < 1.29 is 9.59 Å². The molecule has 2 heterocycles. The molecule has 0 aliphatic carbocycles. The van der Waals surface area contributed by atoms with Gasteiger partial charge in [-0.3, -0.25) is 14.5 Å². The number of hydrogen-bond acceptors (Lipinski definition) is 4. The van der Waals surface area contributed by atoms with E-state index >= 15 is 0 Å². The van der Waals surface area contributed by atoms with E-state index in [1.54, 1.807) is 16.0 Å². The van der Waals surface area contributed by atoms with Crippen LogP contribution in [0.5, 0.6) is 0 Å². The molecule has 1 saturated heterocycles. The van der Waals surface area contributed by atoms with E-state index in [0.717, 1.165) is 17.5 Å². The van der Waals surface area contributed by atoms with Crippen molar-refractivity contribution in [1.29, 1.82) is 0 Å². The third kappa shape index (κ3) is 3.75. The zero-order chi connectivity index (χ0) is 18.6. The lowest BCUT2D eigenvalue weighted by atomic mass is 10.0. The standard InChI is InChI=1S/C21H19N3O2S/c25-19-7-4-13-23(19)15-24(21-22-12-14-27-21)20(26)18-10-8-17(9-11-18)16-5-2-1-3-6-16/h1-3,5-6,8-12,14H,4,7,13,15H2. The topological polar surface area (TPSA) is 53.5 Å². The Hall–Kier alpha value is -2.99. The summed E-state index contributed by atoms with van der Waals surface area (Å²) in [4.78, 5) is 32.7. The maximum Gasteiger partial charge on any atom is 0.261 e. The van der Waals surface area contributed by atoms with E-state index in [1.807, 2.05) is 60.0 Å². The van der Waals surface area contributed by atoms with Crippen LogP contribution in [0.3, 0.4) is 0 Å². The molecule has 5 nitrogen and oxygen atoms in total. The highest BCUT2D eigenvalue weighted by Crippen LogP contribution is 2.24. The molecule has 1 aliphatic heterocycles. The van der Waals surface area contributed by atoms with Crippen molar-refractivity contribution >= 4 is 28.3 Å². The quantitative estimate of drug-likeness (QED) is 0.674. The molecule has 0 atom stereocenters. The molecule has 0 radical (unpaired) electrons. The summed E-state index contributed by atoms with van der Waals surface area (Å²) >= 11 is 1.39. The molecule has 1 aliphatic rings. The van der Waals surface area contributed by atoms with E-state index in [-0.39, 0.29) is 18.5 Å². The molecule has 6 heteroatoms. The number of rotatable bonds is 5. The van der Waals surface area contributed by atoms with Crippen LogP contribution in [0.15, 0.2) is 66.2 Å². The Balaban J connectivity index is 1.58. The molecular formula is C21H19N3O2S. The van der Waals surface area contributed by atoms with Gasteiger partial charge in [0.1, 0.15) is 6.67 Å². The van der Waals surface area contributed by atoms with Crippen LogP contribution in [0.1, 0.15) is 23.2 Å². The fourth-order valence-electron chi connectivity index (χ4n) is 3.18. The molecule has 27 heavy (non-hydrogen) atoms. The van der Waals surface area contributed by atoms with Crippen molar-refractivity contribution in [2.24, 2.45) is 0 Å². The highest BCUT2D eigenvalue weighted by molar-refractivity contribution is 7.13. The minimum atomic E-state index is -0.149. The first-order valence-corrected chi connectivity index (χ1v) is 9.75. The van der Waals surface area contributed by atoms with Gasteiger partial charge < -0.3 is 4.90 Å². The molecule has 0 saturated carbocycles. The van der Waals surface area contributed by atoms with Crippen LogP contribution >= 0.6 is 11.3 Å². The van der Waals surface area contributed by atoms with Gasteiger partial charge in [0.25, 0.3) is 5.91 Å². The monoisotopic (exact) mass is 377 g/mol. The molecule has 4 rings (SSSR count). The molecule has 1 fully saturated rings. The summed E-state index contributed by atoms with van der Waals surface area (Å²) in [6.07, 6.45) is 3.06. The van der Waals surface area contributed by atoms with Crippen molar-refractivity contribution in [2.75, 3.05) is 18.1 Å². The molecule has 0 spiro atoms. The van der Waals surface area contributed by atoms with Crippen molar-refractivity contribution in [3.8, 4) is 11.1 Å². The number of carbonyl (C=O) groups excluding carboxylic acids is 2. The van der Waals surface area contributed by atoms with Gasteiger partial charge in [0.15, 0.2) is 5.13 Å². The Morgan fingerprint density at radius 1 is 1.07 bits per heavy atom. The number of hydrogen-bond donors (Lipinski definition) is 0. The van der Waals surface area contributed by atoms with Crippen LogP contribution in [0.2, 0.25) is 0 Å². The van der Waals surface area contributed by atoms with Crippen molar-refractivity contribution in [3.05, 3.63) is 71.7 Å². The number of amides is 2. The Morgan fingerprint density at radius 2 is 1.81 bits per heavy atom. The first-order valence-electron chi connectivity index (χ1n) is 8.87. The van der Waals surface area contributed by atoms with Crippen LogP contribution in [-0.4, -0.2) is 34.9 Å². The van der Waals surface area contributed by atoms with Gasteiger partial charge >= 0.3 is 0 Å². The van der Waals surface area contributed by atoms with Gasteiger partial charge in [-0.2, -0.15) is 0 Å². The first kappa shape index (κ1) is 17.4. The fraction of sp³-hybridized carbons (Fsp3) is 0.190. The largest absolute Gasteiger partial charge is 0.324 e. The second kappa shape index (κ2) is 7.72. The summed E-state index contributed by atoms with van der Waals surface area (Å²) in [5.74, 6) is -0.0620. The lowest BCUT2D eigenvalue weighted by Gasteiger charge is -2.26. The lowest BCUT2D eigenvalue weighted by Crippen LogP contribution is -2.42. The molecule has 0 bridgehead atoms. The van der Waals surface area contributed by atoms with Crippen molar-refractivity contribution in [2.45, 2.75) is 12.8 Å². The van der Waals surface area contributed by atoms with Crippen LogP contribution in [0, 0.1) is 0 Å². The summed E-state index contributed by atoms with van der Waals surface area (Å²) in [5, 5.41) is 2.44. The smallest absolute Gasteiger partial charge is 0.261 e. The molecule has 3 aromatic rings. The average Bonchev–Trinajstić information content (AvgIpc) is 3.38. The Morgan fingerprint density at radius 3 is 2.44 bits per heavy atom. The minimum Gasteiger partial charge on any atom is -0.324 e. The second-order valence-corrected chi connectivity index (χ2v) is 7.27. The zero-order valence-corrected chi connectivity index (χ0v) is 15.6. The number of carbonyl (C=O) groups is 2. The van der Waals surface area contributed by atoms with E-state index < -0.39 is 0 Å². The van der Waals surface area contributed by atoms with Crippen molar-refractivity contribution in [3.63, 3.8) is 0 Å². The van der Waals surface area contributed by atoms with Gasteiger partial charge in [-0.05, 0) is 29.7 Å². The van der Waals surface area contributed by atoms with E-state index in [9.17, 15) is 9.59 Å². The van der Waals surface area contributed by atoms with Crippen LogP contribution in [0.4, 0.5) is 5.13 Å². The summed E-state index contributed by atoms with van der Waals surface area (Å²) in [6, 6.07) is 17.6. The van der Waals surface area contributed by atoms with Gasteiger partial charge in [0.05, 0.1) is 0 Å². The van der Waals surface area contributed by atoms with Gasteiger partial charge in [-0.1, -0.05) is 42.5 Å². The lowest BCUT2D eigenvalue weighted by molar-refractivity contribution is -0.127. The maximum absolute atomic E-state index is 13.1. The van der Waals surface area contributed by atoms with E-state index in [0.29, 0.717) is 23.7 Å². The molecule has 2 amide bonds. The fourth-order valence-corrected chi connectivity index (χ4v) is 3.81. The maximum atomic E-state index is 13.1. The van der Waals surface area contributed by atoms with E-state index in [1.165, 1.54) is 11.3 Å². The number of anilines is 1. The summed E-state index contributed by atoms with van der Waals surface area (Å²) in [7, 11) is 0. The Kier molecular flexibility index (Phi) is 4.98. The van der Waals surface area contributed by atoms with Gasteiger partial charge in [0.2, 0.25) is 5.91 Å². The Bertz CT molecular complexity index is 924. The molecule has 136 valence electrons. The summed E-state index contributed by atoms with van der Waals surface area (Å²) in [5.41, 5.74) is 2.75. The molecule has 0 N–H and O–H groups in total. The van der Waals surface area contributed by atoms with Crippen LogP contribution < -0.4 is 4.90 Å². The SMILES string of the molecule is O=C1CCCN1CN(C(=O)c1ccc(-c2ccccc2)cc1)c1nccs1. The molecule has 0 unspecified atom stereocenters. The molecular weight excluding hydrogens is 358 g/mol. The van der Waals surface area contributed by atoms with Gasteiger partial charge in [-0.25, -0.2) is 4.98 Å². The summed E-state index contributed by atoms with van der Waals surface area (Å²) in [6.45, 7) is 0.923. The first-order chi connectivity index (χ1) is 13.2. The number of nitrogens with zero attached hydrogens (tertiary/aromatic N) is 3. The highest BCUT2D eigenvalue weighted by atomic mass is 32.1. The van der Waals surface area contributed by atoms with Crippen LogP contribution in [-0.2, 0) is 4.79 Å². The Labute approximate surface area is 161 Å². The average molecular weight is 377 g/mol. The predicted octanol–water partition coefficient (Wildman–Crippen LogP) is 4.04. The molecule has 2 aromatic carbocycles. The highest BCUT2D eigenvalue weighted by Gasteiger charge is 2.27. The third-order valence-corrected chi connectivity index (χ3v) is 5.41. The second-order valence-electron chi connectivity index (χ2n) is 6.39. The predicted molar refractivity (Wildman–Crippen MR) is 107 cm³/mol. The molecule has 1 aromatic heterocycles. The van der Waals surface area contributed by atoms with Crippen molar-refractivity contribution in [1.82, 2.24) is 9.88 Å². The third-order valence-electron chi connectivity index (χ3n) is 4.62. The number of likely N-dealkylation sites (tertiary alicyclic amines) is 1. The summed E-state index contributed by atoms with van der Waals surface area (Å²) < 4.78 is 0. The zero-order valence-electron chi connectivity index (χ0n) is 14.7. The van der Waals surface area contributed by atoms with Gasteiger partial charge in [-0.15, -0.1) is 11.3 Å². The minimum absolute atomic E-state index is 0.0868. The van der Waals surface area contributed by atoms with Crippen LogP contribution in [0.25, 0.3) is 11.1 Å². The van der Waals surface area contributed by atoms with E-state index in [2.05, 4.69) is 4.98 Å². The number of thiazole rings is 1. The number of aromatic nitrogens is 1. The normalized spacial score (nSPS) is 13.8.